The highest BCUT2D eigenvalue weighted by Crippen LogP contribution is 2.14. The lowest BCUT2D eigenvalue weighted by molar-refractivity contribution is 0.170. The zero-order valence-corrected chi connectivity index (χ0v) is 8.85. The summed E-state index contributed by atoms with van der Waals surface area (Å²) in [6, 6.07) is 0. The van der Waals surface area contributed by atoms with Gasteiger partial charge in [-0.15, -0.1) is 0 Å². The number of aliphatic hydroxyl groups excluding tert-OH is 1. The molecule has 4 nitrogen and oxygen atoms in total. The first-order chi connectivity index (χ1) is 6.63. The molecule has 0 bridgehead atoms. The summed E-state index contributed by atoms with van der Waals surface area (Å²) in [7, 11) is 0. The molecule has 0 aliphatic heterocycles. The van der Waals surface area contributed by atoms with Crippen LogP contribution in [0.25, 0.3) is 0 Å². The molecule has 1 aromatic rings. The van der Waals surface area contributed by atoms with E-state index in [4.69, 9.17) is 5.73 Å². The van der Waals surface area contributed by atoms with Crippen molar-refractivity contribution in [1.82, 2.24) is 9.78 Å². The molecule has 1 atom stereocenters. The highest BCUT2D eigenvalue weighted by Gasteiger charge is 2.09. The van der Waals surface area contributed by atoms with Crippen LogP contribution in [0.3, 0.4) is 0 Å². The van der Waals surface area contributed by atoms with Crippen LogP contribution in [0, 0.1) is 5.92 Å². The van der Waals surface area contributed by atoms with Crippen molar-refractivity contribution in [1.29, 1.82) is 0 Å². The van der Waals surface area contributed by atoms with Crippen LogP contribution in [0.1, 0.15) is 31.9 Å². The normalized spacial score (nSPS) is 13.5. The van der Waals surface area contributed by atoms with E-state index in [1.807, 2.05) is 10.9 Å². The fraction of sp³-hybridized carbons (Fsp3) is 0.700. The van der Waals surface area contributed by atoms with Crippen molar-refractivity contribution < 1.29 is 5.11 Å². The molecule has 0 fully saturated rings. The van der Waals surface area contributed by atoms with Crippen LogP contribution < -0.4 is 5.73 Å². The van der Waals surface area contributed by atoms with Gasteiger partial charge in [-0.25, -0.2) is 0 Å². The minimum absolute atomic E-state index is 0.471. The number of aromatic nitrogens is 2. The lowest BCUT2D eigenvalue weighted by atomic mass is 10.1. The van der Waals surface area contributed by atoms with Crippen LogP contribution in [-0.2, 0) is 6.54 Å². The molecule has 80 valence electrons. The predicted octanol–water partition coefficient (Wildman–Crippen LogP) is 0.921. The maximum Gasteiger partial charge on any atom is 0.0832 e. The summed E-state index contributed by atoms with van der Waals surface area (Å²) in [5, 5.41) is 13.8. The summed E-state index contributed by atoms with van der Waals surface area (Å²) < 4.78 is 1.86. The third kappa shape index (κ3) is 3.12. The molecular formula is C10H19N3O. The Bertz CT molecular complexity index is 270. The number of nitrogens with two attached hydrogens (primary N) is 1. The predicted molar refractivity (Wildman–Crippen MR) is 55.7 cm³/mol. The number of nitrogens with zero attached hydrogens (tertiary/aromatic N) is 2. The summed E-state index contributed by atoms with van der Waals surface area (Å²) >= 11 is 0. The van der Waals surface area contributed by atoms with Gasteiger partial charge in [-0.05, 0) is 18.9 Å². The Balaban J connectivity index is 2.58. The van der Waals surface area contributed by atoms with E-state index in [1.54, 1.807) is 6.20 Å². The second-order valence-corrected chi connectivity index (χ2v) is 3.98. The van der Waals surface area contributed by atoms with Gasteiger partial charge in [-0.2, -0.15) is 5.10 Å². The Morgan fingerprint density at radius 3 is 2.86 bits per heavy atom. The van der Waals surface area contributed by atoms with Gasteiger partial charge in [-0.3, -0.25) is 4.68 Å². The number of rotatable bonds is 5. The molecule has 1 aromatic heterocycles. The SMILES string of the molecule is CC(C)Cn1cc([C@H](O)CCN)cn1. The highest BCUT2D eigenvalue weighted by molar-refractivity contribution is 5.07. The van der Waals surface area contributed by atoms with E-state index in [2.05, 4.69) is 18.9 Å². The van der Waals surface area contributed by atoms with Gasteiger partial charge in [0.1, 0.15) is 0 Å². The van der Waals surface area contributed by atoms with E-state index in [9.17, 15) is 5.11 Å². The summed E-state index contributed by atoms with van der Waals surface area (Å²) in [6.07, 6.45) is 3.72. The first kappa shape index (κ1) is 11.2. The van der Waals surface area contributed by atoms with Gasteiger partial charge in [0.15, 0.2) is 0 Å². The maximum absolute atomic E-state index is 9.63. The van der Waals surface area contributed by atoms with Crippen LogP contribution in [0.15, 0.2) is 12.4 Å². The van der Waals surface area contributed by atoms with Gasteiger partial charge in [0.2, 0.25) is 0 Å². The molecule has 0 aliphatic carbocycles. The minimum Gasteiger partial charge on any atom is -0.388 e. The Morgan fingerprint density at radius 1 is 1.57 bits per heavy atom. The Morgan fingerprint density at radius 2 is 2.29 bits per heavy atom. The molecule has 3 N–H and O–H groups in total. The van der Waals surface area contributed by atoms with E-state index in [-0.39, 0.29) is 0 Å². The molecule has 1 heterocycles. The lowest BCUT2D eigenvalue weighted by Crippen LogP contribution is -2.06. The van der Waals surface area contributed by atoms with E-state index in [1.165, 1.54) is 0 Å². The number of hydrogen-bond donors (Lipinski definition) is 2. The monoisotopic (exact) mass is 197 g/mol. The molecule has 14 heavy (non-hydrogen) atoms. The number of hydrogen-bond acceptors (Lipinski definition) is 3. The van der Waals surface area contributed by atoms with Gasteiger partial charge < -0.3 is 10.8 Å². The molecule has 0 spiro atoms. The Labute approximate surface area is 84.7 Å². The molecular weight excluding hydrogens is 178 g/mol. The van der Waals surface area contributed by atoms with Crippen molar-refractivity contribution in [3.63, 3.8) is 0 Å². The highest BCUT2D eigenvalue weighted by atomic mass is 16.3. The molecule has 0 aliphatic rings. The molecule has 0 radical (unpaired) electrons. The number of aliphatic hydroxyl groups is 1. The average Bonchev–Trinajstić information content (AvgIpc) is 2.52. The van der Waals surface area contributed by atoms with Crippen LogP contribution in [0.5, 0.6) is 0 Å². The zero-order chi connectivity index (χ0) is 10.6. The largest absolute Gasteiger partial charge is 0.388 e. The summed E-state index contributed by atoms with van der Waals surface area (Å²) in [4.78, 5) is 0. The maximum atomic E-state index is 9.63. The topological polar surface area (TPSA) is 64.1 Å². The Hall–Kier alpha value is -0.870. The van der Waals surface area contributed by atoms with Gasteiger partial charge in [0.25, 0.3) is 0 Å². The Kier molecular flexibility index (Phi) is 4.10. The molecule has 0 amide bonds. The van der Waals surface area contributed by atoms with Crippen molar-refractivity contribution in [2.75, 3.05) is 6.54 Å². The molecule has 0 unspecified atom stereocenters. The first-order valence-corrected chi connectivity index (χ1v) is 5.04. The fourth-order valence-corrected chi connectivity index (χ4v) is 1.35. The quantitative estimate of drug-likeness (QED) is 0.737. The van der Waals surface area contributed by atoms with Crippen molar-refractivity contribution in [2.24, 2.45) is 11.7 Å². The van der Waals surface area contributed by atoms with Crippen molar-refractivity contribution >= 4 is 0 Å². The van der Waals surface area contributed by atoms with Crippen LogP contribution in [-0.4, -0.2) is 21.4 Å². The van der Waals surface area contributed by atoms with Gasteiger partial charge in [0.05, 0.1) is 12.3 Å². The minimum atomic E-state index is -0.471. The van der Waals surface area contributed by atoms with Crippen molar-refractivity contribution in [2.45, 2.75) is 32.9 Å². The third-order valence-electron chi connectivity index (χ3n) is 2.03. The van der Waals surface area contributed by atoms with Gasteiger partial charge in [0, 0.05) is 18.3 Å². The van der Waals surface area contributed by atoms with Crippen LogP contribution in [0.4, 0.5) is 0 Å². The second-order valence-electron chi connectivity index (χ2n) is 3.98. The molecule has 0 aromatic carbocycles. The van der Waals surface area contributed by atoms with E-state index < -0.39 is 6.10 Å². The van der Waals surface area contributed by atoms with E-state index in [0.717, 1.165) is 12.1 Å². The summed E-state index contributed by atoms with van der Waals surface area (Å²) in [5.41, 5.74) is 6.22. The van der Waals surface area contributed by atoms with Crippen LogP contribution in [0.2, 0.25) is 0 Å². The molecule has 0 saturated carbocycles. The van der Waals surface area contributed by atoms with Gasteiger partial charge >= 0.3 is 0 Å². The van der Waals surface area contributed by atoms with Gasteiger partial charge in [-0.1, -0.05) is 13.8 Å². The smallest absolute Gasteiger partial charge is 0.0832 e. The summed E-state index contributed by atoms with van der Waals surface area (Å²) in [5.74, 6) is 0.564. The first-order valence-electron chi connectivity index (χ1n) is 5.04. The lowest BCUT2D eigenvalue weighted by Gasteiger charge is -2.06. The molecule has 0 saturated heterocycles. The average molecular weight is 197 g/mol. The van der Waals surface area contributed by atoms with Crippen LogP contribution >= 0.6 is 0 Å². The molecule has 1 rings (SSSR count). The zero-order valence-electron chi connectivity index (χ0n) is 8.85. The third-order valence-corrected chi connectivity index (χ3v) is 2.03. The molecule has 4 heteroatoms. The summed E-state index contributed by atoms with van der Waals surface area (Å²) in [6.45, 7) is 5.65. The van der Waals surface area contributed by atoms with E-state index >= 15 is 0 Å². The fourth-order valence-electron chi connectivity index (χ4n) is 1.35. The van der Waals surface area contributed by atoms with Crippen molar-refractivity contribution in [3.8, 4) is 0 Å². The van der Waals surface area contributed by atoms with E-state index in [0.29, 0.717) is 18.9 Å². The standard InChI is InChI=1S/C10H19N3O/c1-8(2)6-13-7-9(5-12-13)10(14)3-4-11/h5,7-8,10,14H,3-4,6,11H2,1-2H3/t10-/m1/s1. The van der Waals surface area contributed by atoms with Crippen molar-refractivity contribution in [3.05, 3.63) is 18.0 Å². The second kappa shape index (κ2) is 5.12.